The van der Waals surface area contributed by atoms with E-state index >= 15 is 0 Å². The zero-order chi connectivity index (χ0) is 37.5. The molecule has 0 aliphatic heterocycles. The van der Waals surface area contributed by atoms with E-state index in [0.717, 1.165) is 22.7 Å². The van der Waals surface area contributed by atoms with E-state index in [2.05, 4.69) is 228 Å². The van der Waals surface area contributed by atoms with E-state index < -0.39 is 5.41 Å². The Morgan fingerprint density at radius 2 is 0.842 bits per heavy atom. The van der Waals surface area contributed by atoms with Crippen molar-refractivity contribution in [2.45, 2.75) is 5.41 Å². The number of benzene rings is 9. The van der Waals surface area contributed by atoms with Crippen molar-refractivity contribution in [1.82, 2.24) is 4.57 Å². The minimum absolute atomic E-state index is 0.411. The Kier molecular flexibility index (Phi) is 6.88. The lowest BCUT2D eigenvalue weighted by molar-refractivity contribution is 0.793. The Labute approximate surface area is 332 Å². The molecule has 10 aromatic rings. The SMILES string of the molecule is c1ccc(N(c2cccc(-c3ccc4c5ccccc5n(-c5ccccc5)c4c3)c2)c2ccc3c(c2)C2(c4ccccc4-c4ccccc42)c2ccccc2-3)cc1. The third-order valence-corrected chi connectivity index (χ3v) is 12.4. The number of para-hydroxylation sites is 3. The molecule has 266 valence electrons. The van der Waals surface area contributed by atoms with Crippen LogP contribution in [-0.4, -0.2) is 4.57 Å². The number of anilines is 3. The highest BCUT2D eigenvalue weighted by Crippen LogP contribution is 2.63. The van der Waals surface area contributed by atoms with Crippen LogP contribution in [0.15, 0.2) is 218 Å². The summed E-state index contributed by atoms with van der Waals surface area (Å²) in [5.41, 5.74) is 19.5. The van der Waals surface area contributed by atoms with E-state index in [9.17, 15) is 0 Å². The van der Waals surface area contributed by atoms with Crippen LogP contribution in [-0.2, 0) is 5.41 Å². The Bertz CT molecular complexity index is 3130. The molecule has 0 amide bonds. The Balaban J connectivity index is 1.05. The summed E-state index contributed by atoms with van der Waals surface area (Å²) in [7, 11) is 0. The van der Waals surface area contributed by atoms with Crippen molar-refractivity contribution in [3.63, 3.8) is 0 Å². The molecule has 1 aromatic heterocycles. The third kappa shape index (κ3) is 4.53. The maximum absolute atomic E-state index is 2.47. The second kappa shape index (κ2) is 12.3. The number of hydrogen-bond donors (Lipinski definition) is 0. The van der Waals surface area contributed by atoms with Crippen LogP contribution in [0.5, 0.6) is 0 Å². The molecule has 0 fully saturated rings. The first-order valence-corrected chi connectivity index (χ1v) is 19.8. The topological polar surface area (TPSA) is 8.17 Å². The van der Waals surface area contributed by atoms with Crippen molar-refractivity contribution >= 4 is 38.9 Å². The van der Waals surface area contributed by atoms with Gasteiger partial charge in [0.2, 0.25) is 0 Å². The number of hydrogen-bond acceptors (Lipinski definition) is 1. The predicted molar refractivity (Wildman–Crippen MR) is 237 cm³/mol. The zero-order valence-corrected chi connectivity index (χ0v) is 31.2. The summed E-state index contributed by atoms with van der Waals surface area (Å²) in [5, 5.41) is 2.51. The summed E-state index contributed by atoms with van der Waals surface area (Å²) < 4.78 is 2.39. The van der Waals surface area contributed by atoms with E-state index in [0.29, 0.717) is 0 Å². The van der Waals surface area contributed by atoms with Crippen molar-refractivity contribution in [1.29, 1.82) is 0 Å². The van der Waals surface area contributed by atoms with Gasteiger partial charge in [0.15, 0.2) is 0 Å². The molecule has 0 radical (unpaired) electrons. The van der Waals surface area contributed by atoms with Crippen molar-refractivity contribution < 1.29 is 0 Å². The summed E-state index contributed by atoms with van der Waals surface area (Å²) in [5.74, 6) is 0. The summed E-state index contributed by atoms with van der Waals surface area (Å²) in [6.07, 6.45) is 0. The number of fused-ring (bicyclic) bond motifs is 13. The number of rotatable bonds is 5. The maximum Gasteiger partial charge on any atom is 0.0726 e. The van der Waals surface area contributed by atoms with Gasteiger partial charge in [0, 0.05) is 33.5 Å². The second-order valence-electron chi connectivity index (χ2n) is 15.3. The molecule has 2 nitrogen and oxygen atoms in total. The van der Waals surface area contributed by atoms with Gasteiger partial charge in [-0.3, -0.25) is 0 Å². The zero-order valence-electron chi connectivity index (χ0n) is 31.2. The molecule has 2 heteroatoms. The number of nitrogens with zero attached hydrogens (tertiary/aromatic N) is 2. The smallest absolute Gasteiger partial charge is 0.0726 e. The van der Waals surface area contributed by atoms with Gasteiger partial charge in [0.05, 0.1) is 16.4 Å². The standard InChI is InChI=1S/C55H36N2/c1-3-17-39(18-4-1)56(41-21-15-16-37(34-41)38-30-32-48-47-25-10-14-29-53(47)57(54(48)35-38)40-19-5-2-6-20-40)42-31-33-46-45-24-9-13-28-51(45)55(52(46)36-42)49-26-11-7-22-43(49)44-23-8-12-27-50(44)55/h1-36H. The fourth-order valence-corrected chi connectivity index (χ4v) is 10.1. The fourth-order valence-electron chi connectivity index (χ4n) is 10.1. The van der Waals surface area contributed by atoms with Gasteiger partial charge in [0.25, 0.3) is 0 Å². The van der Waals surface area contributed by atoms with Crippen molar-refractivity contribution in [2.24, 2.45) is 0 Å². The normalized spacial score (nSPS) is 13.1. The first kappa shape index (κ1) is 31.9. The molecule has 0 saturated carbocycles. The molecule has 9 aromatic carbocycles. The van der Waals surface area contributed by atoms with Gasteiger partial charge in [-0.1, -0.05) is 158 Å². The minimum atomic E-state index is -0.411. The highest BCUT2D eigenvalue weighted by atomic mass is 15.1. The molecule has 1 spiro atoms. The van der Waals surface area contributed by atoms with Gasteiger partial charge in [-0.15, -0.1) is 0 Å². The van der Waals surface area contributed by atoms with Gasteiger partial charge in [-0.25, -0.2) is 0 Å². The van der Waals surface area contributed by atoms with Crippen LogP contribution >= 0.6 is 0 Å². The first-order chi connectivity index (χ1) is 28.3. The van der Waals surface area contributed by atoms with Crippen molar-refractivity contribution in [3.05, 3.63) is 241 Å². The highest BCUT2D eigenvalue weighted by molar-refractivity contribution is 6.10. The van der Waals surface area contributed by atoms with Crippen LogP contribution in [0.1, 0.15) is 22.3 Å². The predicted octanol–water partition coefficient (Wildman–Crippen LogP) is 14.3. The van der Waals surface area contributed by atoms with E-state index in [1.54, 1.807) is 0 Å². The highest BCUT2D eigenvalue weighted by Gasteiger charge is 2.51. The maximum atomic E-state index is 2.47. The molecule has 0 atom stereocenters. The molecule has 1 heterocycles. The van der Waals surface area contributed by atoms with Crippen LogP contribution < -0.4 is 4.90 Å². The summed E-state index contributed by atoms with van der Waals surface area (Å²) in [4.78, 5) is 2.42. The van der Waals surface area contributed by atoms with Crippen LogP contribution in [0.3, 0.4) is 0 Å². The van der Waals surface area contributed by atoms with Crippen molar-refractivity contribution in [2.75, 3.05) is 4.90 Å². The average Bonchev–Trinajstić information content (AvgIpc) is 3.89. The van der Waals surface area contributed by atoms with E-state index in [1.807, 2.05) is 0 Å². The average molecular weight is 725 g/mol. The molecule has 0 bridgehead atoms. The lowest BCUT2D eigenvalue weighted by Crippen LogP contribution is -2.26. The minimum Gasteiger partial charge on any atom is -0.310 e. The summed E-state index contributed by atoms with van der Waals surface area (Å²) in [6.45, 7) is 0. The van der Waals surface area contributed by atoms with Gasteiger partial charge in [-0.2, -0.15) is 0 Å². The largest absolute Gasteiger partial charge is 0.310 e. The Morgan fingerprint density at radius 1 is 0.316 bits per heavy atom. The van der Waals surface area contributed by atoms with Gasteiger partial charge >= 0.3 is 0 Å². The van der Waals surface area contributed by atoms with Gasteiger partial charge in [0.1, 0.15) is 0 Å². The lowest BCUT2D eigenvalue weighted by atomic mass is 9.70. The van der Waals surface area contributed by atoms with E-state index in [4.69, 9.17) is 0 Å². The summed E-state index contributed by atoms with van der Waals surface area (Å²) in [6, 6.07) is 80.4. The van der Waals surface area contributed by atoms with Gasteiger partial charge in [-0.05, 0) is 116 Å². The number of aromatic nitrogens is 1. The second-order valence-corrected chi connectivity index (χ2v) is 15.3. The van der Waals surface area contributed by atoms with Crippen LogP contribution in [0.4, 0.5) is 17.1 Å². The quantitative estimate of drug-likeness (QED) is 0.172. The third-order valence-electron chi connectivity index (χ3n) is 12.4. The van der Waals surface area contributed by atoms with Crippen LogP contribution in [0.2, 0.25) is 0 Å². The molecule has 0 saturated heterocycles. The Morgan fingerprint density at radius 3 is 1.54 bits per heavy atom. The summed E-state index contributed by atoms with van der Waals surface area (Å²) >= 11 is 0. The molecule has 2 aliphatic carbocycles. The fraction of sp³-hybridized carbons (Fsp3) is 0.0182. The van der Waals surface area contributed by atoms with Crippen molar-refractivity contribution in [3.8, 4) is 39.1 Å². The molecule has 12 rings (SSSR count). The molecule has 57 heavy (non-hydrogen) atoms. The van der Waals surface area contributed by atoms with Crippen LogP contribution in [0, 0.1) is 0 Å². The monoisotopic (exact) mass is 724 g/mol. The first-order valence-electron chi connectivity index (χ1n) is 19.8. The lowest BCUT2D eigenvalue weighted by Gasteiger charge is -2.32. The molecular weight excluding hydrogens is 689 g/mol. The molecule has 0 N–H and O–H groups in total. The molecule has 0 unspecified atom stereocenters. The molecule has 2 aliphatic rings. The van der Waals surface area contributed by atoms with Gasteiger partial charge < -0.3 is 9.47 Å². The Hall–Kier alpha value is -7.42. The van der Waals surface area contributed by atoms with E-state index in [1.165, 1.54) is 77.4 Å². The van der Waals surface area contributed by atoms with E-state index in [-0.39, 0.29) is 0 Å². The van der Waals surface area contributed by atoms with Crippen LogP contribution in [0.25, 0.3) is 60.9 Å². The molecular formula is C55H36N2.